The predicted molar refractivity (Wildman–Crippen MR) is 102 cm³/mol. The summed E-state index contributed by atoms with van der Waals surface area (Å²) in [5, 5.41) is 10.1. The molecule has 0 aliphatic rings. The Labute approximate surface area is 152 Å². The highest BCUT2D eigenvalue weighted by molar-refractivity contribution is 7.91. The molecule has 0 aliphatic heterocycles. The van der Waals surface area contributed by atoms with Crippen molar-refractivity contribution in [1.82, 2.24) is 4.98 Å². The number of hydrogen-bond donors (Lipinski definition) is 1. The van der Waals surface area contributed by atoms with Crippen LogP contribution in [0.4, 0.5) is 0 Å². The molecule has 0 spiro atoms. The Kier molecular flexibility index (Phi) is 4.32. The van der Waals surface area contributed by atoms with E-state index in [0.717, 1.165) is 5.39 Å². The van der Waals surface area contributed by atoms with E-state index >= 15 is 0 Å². The molecule has 0 amide bonds. The number of pyridine rings is 1. The number of carbonyl (C=O) groups is 1. The molecular formula is C20H19NO4S. The van der Waals surface area contributed by atoms with Crippen LogP contribution in [0.2, 0.25) is 0 Å². The fourth-order valence-electron chi connectivity index (χ4n) is 2.79. The maximum absolute atomic E-state index is 12.3. The normalized spacial score (nSPS) is 12.3. The van der Waals surface area contributed by atoms with E-state index in [1.165, 1.54) is 12.3 Å². The van der Waals surface area contributed by atoms with Gasteiger partial charge in [0.1, 0.15) is 0 Å². The molecule has 0 aliphatic carbocycles. The largest absolute Gasteiger partial charge is 0.478 e. The highest BCUT2D eigenvalue weighted by atomic mass is 32.2. The van der Waals surface area contributed by atoms with Gasteiger partial charge in [0.05, 0.1) is 15.8 Å². The second-order valence-corrected chi connectivity index (χ2v) is 9.33. The lowest BCUT2D eigenvalue weighted by molar-refractivity contribution is 0.0697. The van der Waals surface area contributed by atoms with Crippen molar-refractivity contribution in [2.45, 2.75) is 18.6 Å². The Balaban J connectivity index is 2.35. The molecule has 2 aromatic carbocycles. The van der Waals surface area contributed by atoms with E-state index in [9.17, 15) is 18.3 Å². The van der Waals surface area contributed by atoms with Crippen LogP contribution < -0.4 is 0 Å². The van der Waals surface area contributed by atoms with Crippen LogP contribution in [0.3, 0.4) is 0 Å². The number of fused-ring (bicyclic) bond motifs is 1. The maximum Gasteiger partial charge on any atom is 0.335 e. The van der Waals surface area contributed by atoms with E-state index in [1.54, 1.807) is 50.4 Å². The Morgan fingerprint density at radius 3 is 2.46 bits per heavy atom. The third-order valence-corrected chi connectivity index (χ3v) is 6.84. The number of carboxylic acid groups (broad SMARTS) is 1. The van der Waals surface area contributed by atoms with Gasteiger partial charge in [0.2, 0.25) is 0 Å². The van der Waals surface area contributed by atoms with Crippen LogP contribution in [-0.4, -0.2) is 30.7 Å². The van der Waals surface area contributed by atoms with Gasteiger partial charge in [-0.25, -0.2) is 13.2 Å². The Morgan fingerprint density at radius 2 is 1.81 bits per heavy atom. The van der Waals surface area contributed by atoms with Crippen molar-refractivity contribution in [3.05, 3.63) is 65.9 Å². The zero-order valence-electron chi connectivity index (χ0n) is 14.7. The molecule has 134 valence electrons. The van der Waals surface area contributed by atoms with E-state index in [2.05, 4.69) is 4.98 Å². The molecule has 3 rings (SSSR count). The zero-order valence-corrected chi connectivity index (χ0v) is 15.5. The van der Waals surface area contributed by atoms with Crippen LogP contribution in [-0.2, 0) is 14.6 Å². The zero-order chi connectivity index (χ0) is 19.1. The van der Waals surface area contributed by atoms with Crippen LogP contribution in [0.25, 0.3) is 22.0 Å². The molecular weight excluding hydrogens is 350 g/mol. The van der Waals surface area contributed by atoms with Crippen molar-refractivity contribution in [1.29, 1.82) is 0 Å². The summed E-state index contributed by atoms with van der Waals surface area (Å²) in [5.41, 5.74) is 2.89. The SMILES string of the molecule is CC(C)(c1cc(-c2cccc(C(=O)O)c2)c2ncccc2c1)S(C)(=O)=O. The van der Waals surface area contributed by atoms with E-state index in [4.69, 9.17) is 0 Å². The van der Waals surface area contributed by atoms with E-state index in [0.29, 0.717) is 22.2 Å². The van der Waals surface area contributed by atoms with Gasteiger partial charge in [0.25, 0.3) is 0 Å². The lowest BCUT2D eigenvalue weighted by Gasteiger charge is -2.24. The van der Waals surface area contributed by atoms with Crippen LogP contribution >= 0.6 is 0 Å². The molecule has 26 heavy (non-hydrogen) atoms. The number of rotatable bonds is 4. The molecule has 6 heteroatoms. The second kappa shape index (κ2) is 6.21. The average molecular weight is 369 g/mol. The van der Waals surface area contributed by atoms with Crippen molar-refractivity contribution in [3.8, 4) is 11.1 Å². The summed E-state index contributed by atoms with van der Waals surface area (Å²) in [4.78, 5) is 15.7. The predicted octanol–water partition coefficient (Wildman–Crippen LogP) is 3.88. The van der Waals surface area contributed by atoms with Gasteiger partial charge in [-0.05, 0) is 55.3 Å². The fraction of sp³-hybridized carbons (Fsp3) is 0.200. The van der Waals surface area contributed by atoms with Gasteiger partial charge >= 0.3 is 5.97 Å². The quantitative estimate of drug-likeness (QED) is 0.754. The van der Waals surface area contributed by atoms with Crippen LogP contribution in [0.5, 0.6) is 0 Å². The Morgan fingerprint density at radius 1 is 1.08 bits per heavy atom. The molecule has 0 fully saturated rings. The molecule has 0 radical (unpaired) electrons. The molecule has 0 bridgehead atoms. The first-order chi connectivity index (χ1) is 12.1. The lowest BCUT2D eigenvalue weighted by atomic mass is 9.93. The molecule has 0 saturated carbocycles. The van der Waals surface area contributed by atoms with Gasteiger partial charge in [-0.15, -0.1) is 0 Å². The number of hydrogen-bond acceptors (Lipinski definition) is 4. The highest BCUT2D eigenvalue weighted by Crippen LogP contribution is 2.36. The average Bonchev–Trinajstić information content (AvgIpc) is 2.59. The summed E-state index contributed by atoms with van der Waals surface area (Å²) in [6, 6.07) is 13.8. The van der Waals surface area contributed by atoms with E-state index in [-0.39, 0.29) is 5.56 Å². The van der Waals surface area contributed by atoms with Crippen molar-refractivity contribution in [2.24, 2.45) is 0 Å². The number of aromatic carboxylic acids is 1. The second-order valence-electron chi connectivity index (χ2n) is 6.77. The van der Waals surface area contributed by atoms with Crippen LogP contribution in [0.1, 0.15) is 29.8 Å². The van der Waals surface area contributed by atoms with Gasteiger partial charge < -0.3 is 5.11 Å². The minimum absolute atomic E-state index is 0.166. The van der Waals surface area contributed by atoms with Crippen molar-refractivity contribution in [2.75, 3.05) is 6.26 Å². The first kappa shape index (κ1) is 18.1. The van der Waals surface area contributed by atoms with Crippen molar-refractivity contribution in [3.63, 3.8) is 0 Å². The smallest absolute Gasteiger partial charge is 0.335 e. The van der Waals surface area contributed by atoms with Gasteiger partial charge in [-0.2, -0.15) is 0 Å². The van der Waals surface area contributed by atoms with Gasteiger partial charge in [0.15, 0.2) is 9.84 Å². The number of benzene rings is 2. The monoisotopic (exact) mass is 369 g/mol. The first-order valence-electron chi connectivity index (χ1n) is 8.04. The third-order valence-electron chi connectivity index (χ3n) is 4.75. The van der Waals surface area contributed by atoms with Crippen molar-refractivity contribution < 1.29 is 18.3 Å². The highest BCUT2D eigenvalue weighted by Gasteiger charge is 2.33. The molecule has 5 nitrogen and oxygen atoms in total. The standard InChI is InChI=1S/C20H19NO4S/c1-20(2,26(3,24)25)16-11-14-8-5-9-21-18(14)17(12-16)13-6-4-7-15(10-13)19(22)23/h4-12H,1-3H3,(H,22,23). The van der Waals surface area contributed by atoms with Gasteiger partial charge in [-0.1, -0.05) is 18.2 Å². The summed E-state index contributed by atoms with van der Waals surface area (Å²) < 4.78 is 23.5. The number of aromatic nitrogens is 1. The van der Waals surface area contributed by atoms with Crippen molar-refractivity contribution >= 4 is 26.7 Å². The molecule has 1 heterocycles. The Hall–Kier alpha value is -2.73. The maximum atomic E-state index is 12.3. The molecule has 1 N–H and O–H groups in total. The summed E-state index contributed by atoms with van der Waals surface area (Å²) in [6.07, 6.45) is 2.87. The molecule has 0 saturated heterocycles. The minimum Gasteiger partial charge on any atom is -0.478 e. The summed E-state index contributed by atoms with van der Waals surface area (Å²) in [6.45, 7) is 3.33. The number of carboxylic acids is 1. The summed E-state index contributed by atoms with van der Waals surface area (Å²) in [7, 11) is -3.36. The first-order valence-corrected chi connectivity index (χ1v) is 9.93. The molecule has 0 unspecified atom stereocenters. The van der Waals surface area contributed by atoms with Gasteiger partial charge in [-0.3, -0.25) is 4.98 Å². The molecule has 3 aromatic rings. The summed E-state index contributed by atoms with van der Waals surface area (Å²) >= 11 is 0. The molecule has 1 aromatic heterocycles. The lowest BCUT2D eigenvalue weighted by Crippen LogP contribution is -2.28. The minimum atomic E-state index is -3.36. The topological polar surface area (TPSA) is 84.3 Å². The van der Waals surface area contributed by atoms with Crippen LogP contribution in [0.15, 0.2) is 54.7 Å². The Bertz CT molecular complexity index is 1120. The van der Waals surface area contributed by atoms with E-state index < -0.39 is 20.6 Å². The third kappa shape index (κ3) is 3.08. The van der Waals surface area contributed by atoms with E-state index in [1.807, 2.05) is 12.1 Å². The van der Waals surface area contributed by atoms with Gasteiger partial charge in [0, 0.05) is 23.4 Å². The number of nitrogens with zero attached hydrogens (tertiary/aromatic N) is 1. The summed E-state index contributed by atoms with van der Waals surface area (Å²) in [5.74, 6) is -1.02. The molecule has 0 atom stereocenters. The number of sulfone groups is 1. The fourth-order valence-corrected chi connectivity index (χ4v) is 3.34. The van der Waals surface area contributed by atoms with Crippen LogP contribution in [0, 0.1) is 0 Å².